The van der Waals surface area contributed by atoms with Crippen molar-refractivity contribution in [2.24, 2.45) is 0 Å². The van der Waals surface area contributed by atoms with Crippen molar-refractivity contribution >= 4 is 0 Å². The van der Waals surface area contributed by atoms with Gasteiger partial charge < -0.3 is 14.0 Å². The number of hydrogen-bond donors (Lipinski definition) is 1. The van der Waals surface area contributed by atoms with Crippen LogP contribution in [-0.4, -0.2) is 10.3 Å². The lowest BCUT2D eigenvalue weighted by Gasteiger charge is -2.14. The van der Waals surface area contributed by atoms with Gasteiger partial charge in [0.1, 0.15) is 11.5 Å². The van der Waals surface area contributed by atoms with Crippen LogP contribution in [0.15, 0.2) is 26.1 Å². The molecule has 5 nitrogen and oxygen atoms in total. The molecule has 0 bridgehead atoms. The van der Waals surface area contributed by atoms with Gasteiger partial charge in [-0.25, -0.2) is 4.79 Å². The van der Waals surface area contributed by atoms with E-state index in [1.807, 2.05) is 20.8 Å². The van der Waals surface area contributed by atoms with Gasteiger partial charge >= 0.3 is 5.63 Å². The predicted molar refractivity (Wildman–Crippen MR) is 69.4 cm³/mol. The van der Waals surface area contributed by atoms with Gasteiger partial charge in [-0.05, 0) is 32.6 Å². The molecule has 0 aromatic carbocycles. The number of aromatic nitrogens is 1. The molecule has 0 radical (unpaired) electrons. The topological polar surface area (TPSA) is 76.5 Å². The number of nitrogens with zero attached hydrogens (tertiary/aromatic N) is 1. The minimum Gasteiger partial charge on any atom is -0.507 e. The van der Waals surface area contributed by atoms with Crippen LogP contribution in [0.5, 0.6) is 5.75 Å². The van der Waals surface area contributed by atoms with E-state index in [0.29, 0.717) is 18.4 Å². The zero-order valence-electron chi connectivity index (χ0n) is 11.3. The highest BCUT2D eigenvalue weighted by molar-refractivity contribution is 5.33. The Balaban J connectivity index is 2.39. The number of hydrogen-bond acceptors (Lipinski definition) is 5. The van der Waals surface area contributed by atoms with E-state index in [1.54, 1.807) is 0 Å². The molecule has 1 unspecified atom stereocenters. The zero-order chi connectivity index (χ0) is 14.0. The standard InChI is InChI=1S/C14H17NO4/c1-4-10(7-11-8(2)15-19-9(11)3)13-12(16)5-6-18-14(13)17/h5-6,10,16H,4,7H2,1-3H3. The maximum atomic E-state index is 11.8. The average molecular weight is 263 g/mol. The fraction of sp³-hybridized carbons (Fsp3) is 0.429. The third kappa shape index (κ3) is 2.54. The molecule has 2 heterocycles. The summed E-state index contributed by atoms with van der Waals surface area (Å²) in [6.07, 6.45) is 2.51. The molecule has 2 aromatic rings. The summed E-state index contributed by atoms with van der Waals surface area (Å²) in [7, 11) is 0. The fourth-order valence-electron chi connectivity index (χ4n) is 2.28. The van der Waals surface area contributed by atoms with Crippen molar-refractivity contribution in [3.05, 3.63) is 45.3 Å². The van der Waals surface area contributed by atoms with Crippen LogP contribution in [0.3, 0.4) is 0 Å². The second-order valence-electron chi connectivity index (χ2n) is 4.62. The zero-order valence-corrected chi connectivity index (χ0v) is 11.3. The summed E-state index contributed by atoms with van der Waals surface area (Å²) in [6, 6.07) is 1.40. The molecule has 0 amide bonds. The summed E-state index contributed by atoms with van der Waals surface area (Å²) >= 11 is 0. The molecule has 0 saturated carbocycles. The minimum absolute atomic E-state index is 0.0186. The Kier molecular flexibility index (Phi) is 3.74. The van der Waals surface area contributed by atoms with Gasteiger partial charge in [0.05, 0.1) is 17.5 Å². The fourth-order valence-corrected chi connectivity index (χ4v) is 2.28. The van der Waals surface area contributed by atoms with E-state index >= 15 is 0 Å². The lowest BCUT2D eigenvalue weighted by Crippen LogP contribution is -2.14. The number of rotatable bonds is 4. The van der Waals surface area contributed by atoms with Gasteiger partial charge in [0.15, 0.2) is 0 Å². The Bertz CT molecular complexity index is 607. The van der Waals surface area contributed by atoms with Gasteiger partial charge in [-0.1, -0.05) is 12.1 Å². The molecular formula is C14H17NO4. The molecule has 0 saturated heterocycles. The Morgan fingerprint density at radius 3 is 2.68 bits per heavy atom. The first-order valence-corrected chi connectivity index (χ1v) is 6.27. The van der Waals surface area contributed by atoms with E-state index in [1.165, 1.54) is 12.3 Å². The van der Waals surface area contributed by atoms with Gasteiger partial charge in [-0.3, -0.25) is 0 Å². The SMILES string of the molecule is CCC(Cc1c(C)noc1C)c1c(O)ccoc1=O. The van der Waals surface area contributed by atoms with E-state index < -0.39 is 5.63 Å². The van der Waals surface area contributed by atoms with Gasteiger partial charge in [-0.2, -0.15) is 0 Å². The lowest BCUT2D eigenvalue weighted by atomic mass is 9.90. The van der Waals surface area contributed by atoms with Gasteiger partial charge in [-0.15, -0.1) is 0 Å². The largest absolute Gasteiger partial charge is 0.507 e. The molecule has 1 N–H and O–H groups in total. The molecule has 0 aliphatic carbocycles. The van der Waals surface area contributed by atoms with Crippen LogP contribution in [0.4, 0.5) is 0 Å². The molecule has 5 heteroatoms. The molecule has 2 rings (SSSR count). The normalized spacial score (nSPS) is 12.6. The quantitative estimate of drug-likeness (QED) is 0.917. The Hall–Kier alpha value is -2.04. The van der Waals surface area contributed by atoms with Crippen LogP contribution in [0, 0.1) is 13.8 Å². The van der Waals surface area contributed by atoms with Crippen LogP contribution in [0.2, 0.25) is 0 Å². The third-order valence-corrected chi connectivity index (χ3v) is 3.43. The van der Waals surface area contributed by atoms with Crippen molar-refractivity contribution in [3.63, 3.8) is 0 Å². The molecule has 1 atom stereocenters. The van der Waals surface area contributed by atoms with E-state index in [9.17, 15) is 9.90 Å². The summed E-state index contributed by atoms with van der Waals surface area (Å²) in [5, 5.41) is 13.8. The average Bonchev–Trinajstić information content (AvgIpc) is 2.68. The monoisotopic (exact) mass is 263 g/mol. The smallest absolute Gasteiger partial charge is 0.342 e. The minimum atomic E-state index is -0.487. The first-order chi connectivity index (χ1) is 9.04. The molecule has 19 heavy (non-hydrogen) atoms. The number of aromatic hydroxyl groups is 1. The summed E-state index contributed by atoms with van der Waals surface area (Å²) in [6.45, 7) is 5.68. The Morgan fingerprint density at radius 2 is 2.16 bits per heavy atom. The van der Waals surface area contributed by atoms with Crippen LogP contribution in [0.1, 0.15) is 41.8 Å². The highest BCUT2D eigenvalue weighted by atomic mass is 16.5. The molecule has 0 spiro atoms. The van der Waals surface area contributed by atoms with Crippen molar-refractivity contribution in [3.8, 4) is 5.75 Å². The molecule has 0 fully saturated rings. The number of aryl methyl sites for hydroxylation is 2. The Morgan fingerprint density at radius 1 is 1.42 bits per heavy atom. The second kappa shape index (κ2) is 5.30. The van der Waals surface area contributed by atoms with E-state index in [0.717, 1.165) is 17.0 Å². The van der Waals surface area contributed by atoms with Crippen molar-refractivity contribution in [1.29, 1.82) is 0 Å². The van der Waals surface area contributed by atoms with Crippen molar-refractivity contribution in [1.82, 2.24) is 5.16 Å². The second-order valence-corrected chi connectivity index (χ2v) is 4.62. The van der Waals surface area contributed by atoms with Crippen molar-refractivity contribution in [2.45, 2.75) is 39.5 Å². The van der Waals surface area contributed by atoms with Crippen molar-refractivity contribution < 1.29 is 14.0 Å². The molecule has 102 valence electrons. The molecule has 2 aromatic heterocycles. The van der Waals surface area contributed by atoms with Crippen LogP contribution in [0.25, 0.3) is 0 Å². The molecule has 0 aliphatic rings. The lowest BCUT2D eigenvalue weighted by molar-refractivity contribution is 0.391. The summed E-state index contributed by atoms with van der Waals surface area (Å²) in [5.41, 5.74) is 1.63. The van der Waals surface area contributed by atoms with E-state index in [4.69, 9.17) is 8.94 Å². The maximum Gasteiger partial charge on any atom is 0.342 e. The van der Waals surface area contributed by atoms with Crippen molar-refractivity contribution in [2.75, 3.05) is 0 Å². The van der Waals surface area contributed by atoms with Gasteiger partial charge in [0.2, 0.25) is 0 Å². The first kappa shape index (κ1) is 13.4. The first-order valence-electron chi connectivity index (χ1n) is 6.27. The van der Waals surface area contributed by atoms with E-state index in [2.05, 4.69) is 5.16 Å². The van der Waals surface area contributed by atoms with Gasteiger partial charge in [0.25, 0.3) is 0 Å². The Labute approximate surface area is 110 Å². The molecular weight excluding hydrogens is 246 g/mol. The van der Waals surface area contributed by atoms with Crippen LogP contribution < -0.4 is 5.63 Å². The van der Waals surface area contributed by atoms with E-state index in [-0.39, 0.29) is 11.7 Å². The maximum absolute atomic E-state index is 11.8. The summed E-state index contributed by atoms with van der Waals surface area (Å²) in [4.78, 5) is 11.8. The molecule has 0 aliphatic heterocycles. The van der Waals surface area contributed by atoms with Crippen LogP contribution in [-0.2, 0) is 6.42 Å². The van der Waals surface area contributed by atoms with Crippen LogP contribution >= 0.6 is 0 Å². The highest BCUT2D eigenvalue weighted by Crippen LogP contribution is 2.30. The third-order valence-electron chi connectivity index (χ3n) is 3.43. The van der Waals surface area contributed by atoms with Gasteiger partial charge in [0, 0.05) is 11.6 Å². The summed E-state index contributed by atoms with van der Waals surface area (Å²) in [5.74, 6) is 0.611. The predicted octanol–water partition coefficient (Wildman–Crippen LogP) is 2.69. The summed E-state index contributed by atoms with van der Waals surface area (Å²) < 4.78 is 9.97. The highest BCUT2D eigenvalue weighted by Gasteiger charge is 2.22.